The highest BCUT2D eigenvalue weighted by atomic mass is 16.4. The summed E-state index contributed by atoms with van der Waals surface area (Å²) in [4.78, 5) is 11.8. The van der Waals surface area contributed by atoms with E-state index in [1.54, 1.807) is 0 Å². The van der Waals surface area contributed by atoms with E-state index in [2.05, 4.69) is 6.92 Å². The van der Waals surface area contributed by atoms with Crippen LogP contribution in [-0.2, 0) is 10.2 Å². The summed E-state index contributed by atoms with van der Waals surface area (Å²) in [6, 6.07) is 9.63. The van der Waals surface area contributed by atoms with Crippen LogP contribution in [0.5, 0.6) is 0 Å². The fourth-order valence-corrected chi connectivity index (χ4v) is 2.74. The molecule has 0 saturated carbocycles. The number of benzene rings is 1. The number of carboxylic acid groups (broad SMARTS) is 1. The Morgan fingerprint density at radius 3 is 2.29 bits per heavy atom. The fourth-order valence-electron chi connectivity index (χ4n) is 2.74. The normalized spacial score (nSPS) is 16.2. The van der Waals surface area contributed by atoms with Gasteiger partial charge in [-0.3, -0.25) is 4.79 Å². The molecule has 2 heteroatoms. The molecule has 1 N–H and O–H groups in total. The predicted octanol–water partition coefficient (Wildman–Crippen LogP) is 3.86. The molecule has 2 atom stereocenters. The van der Waals surface area contributed by atoms with Crippen LogP contribution in [0.2, 0.25) is 0 Å². The molecule has 1 aromatic rings. The molecule has 0 heterocycles. The second-order valence-corrected chi connectivity index (χ2v) is 4.69. The lowest BCUT2D eigenvalue weighted by Gasteiger charge is -2.35. The number of rotatable bonds is 6. The third-order valence-electron chi connectivity index (χ3n) is 3.79. The summed E-state index contributed by atoms with van der Waals surface area (Å²) in [5.41, 5.74) is 0.188. The van der Waals surface area contributed by atoms with Crippen molar-refractivity contribution in [2.75, 3.05) is 0 Å². The summed E-state index contributed by atoms with van der Waals surface area (Å²) in [6.45, 7) is 6.12. The van der Waals surface area contributed by atoms with E-state index < -0.39 is 11.4 Å². The highest BCUT2D eigenvalue weighted by molar-refractivity contribution is 5.81. The van der Waals surface area contributed by atoms with Crippen LogP contribution in [0.25, 0.3) is 0 Å². The molecule has 1 rings (SSSR count). The van der Waals surface area contributed by atoms with Gasteiger partial charge in [0, 0.05) is 0 Å². The SMILES string of the molecule is CCCC(C)C(CC)(C(=O)O)c1ccccc1. The highest BCUT2D eigenvalue weighted by Crippen LogP contribution is 2.38. The first-order valence-corrected chi connectivity index (χ1v) is 6.38. The Kier molecular flexibility index (Phi) is 4.73. The smallest absolute Gasteiger partial charge is 0.314 e. The molecule has 1 aromatic carbocycles. The molecule has 2 unspecified atom stereocenters. The molecule has 0 radical (unpaired) electrons. The summed E-state index contributed by atoms with van der Waals surface area (Å²) in [5.74, 6) is -0.551. The lowest BCUT2D eigenvalue weighted by molar-refractivity contribution is -0.146. The van der Waals surface area contributed by atoms with Gasteiger partial charge in [-0.2, -0.15) is 0 Å². The van der Waals surface area contributed by atoms with Gasteiger partial charge in [0.1, 0.15) is 0 Å². The summed E-state index contributed by atoms with van der Waals surface area (Å²) in [7, 11) is 0. The van der Waals surface area contributed by atoms with Gasteiger partial charge in [-0.25, -0.2) is 0 Å². The Morgan fingerprint density at radius 1 is 1.29 bits per heavy atom. The molecule has 0 fully saturated rings. The van der Waals surface area contributed by atoms with Crippen molar-refractivity contribution in [3.63, 3.8) is 0 Å². The van der Waals surface area contributed by atoms with Crippen LogP contribution >= 0.6 is 0 Å². The zero-order chi connectivity index (χ0) is 12.9. The van der Waals surface area contributed by atoms with Crippen LogP contribution in [0, 0.1) is 5.92 Å². The van der Waals surface area contributed by atoms with Crippen molar-refractivity contribution in [3.05, 3.63) is 35.9 Å². The number of aliphatic carboxylic acids is 1. The lowest BCUT2D eigenvalue weighted by atomic mass is 9.67. The lowest BCUT2D eigenvalue weighted by Crippen LogP contribution is -2.41. The Labute approximate surface area is 104 Å². The van der Waals surface area contributed by atoms with Crippen molar-refractivity contribution < 1.29 is 9.90 Å². The van der Waals surface area contributed by atoms with Gasteiger partial charge in [0.15, 0.2) is 0 Å². The minimum Gasteiger partial charge on any atom is -0.481 e. The monoisotopic (exact) mass is 234 g/mol. The van der Waals surface area contributed by atoms with Gasteiger partial charge >= 0.3 is 5.97 Å². The first kappa shape index (κ1) is 13.8. The molecule has 0 saturated heterocycles. The average molecular weight is 234 g/mol. The van der Waals surface area contributed by atoms with E-state index in [9.17, 15) is 9.90 Å². The quantitative estimate of drug-likeness (QED) is 0.811. The van der Waals surface area contributed by atoms with Gasteiger partial charge in [0.2, 0.25) is 0 Å². The molecule has 94 valence electrons. The Hall–Kier alpha value is -1.31. The van der Waals surface area contributed by atoms with E-state index in [1.807, 2.05) is 44.2 Å². The van der Waals surface area contributed by atoms with Crippen molar-refractivity contribution in [1.29, 1.82) is 0 Å². The van der Waals surface area contributed by atoms with Gasteiger partial charge < -0.3 is 5.11 Å². The predicted molar refractivity (Wildman–Crippen MR) is 70.1 cm³/mol. The molecule has 0 spiro atoms. The topological polar surface area (TPSA) is 37.3 Å². The number of carbonyl (C=O) groups is 1. The van der Waals surface area contributed by atoms with Crippen LogP contribution in [-0.4, -0.2) is 11.1 Å². The van der Waals surface area contributed by atoms with Gasteiger partial charge in [-0.1, -0.05) is 57.5 Å². The number of hydrogen-bond donors (Lipinski definition) is 1. The second-order valence-electron chi connectivity index (χ2n) is 4.69. The van der Waals surface area contributed by atoms with Crippen molar-refractivity contribution >= 4 is 5.97 Å². The third kappa shape index (κ3) is 2.51. The molecule has 0 aliphatic rings. The fraction of sp³-hybridized carbons (Fsp3) is 0.533. The first-order valence-electron chi connectivity index (χ1n) is 6.38. The largest absolute Gasteiger partial charge is 0.481 e. The second kappa shape index (κ2) is 5.85. The maximum Gasteiger partial charge on any atom is 0.314 e. The highest BCUT2D eigenvalue weighted by Gasteiger charge is 2.43. The van der Waals surface area contributed by atoms with Crippen LogP contribution in [0.15, 0.2) is 30.3 Å². The van der Waals surface area contributed by atoms with E-state index in [-0.39, 0.29) is 5.92 Å². The van der Waals surface area contributed by atoms with E-state index in [4.69, 9.17) is 0 Å². The summed E-state index contributed by atoms with van der Waals surface area (Å²) >= 11 is 0. The molecule has 0 amide bonds. The zero-order valence-electron chi connectivity index (χ0n) is 10.9. The minimum absolute atomic E-state index is 0.150. The zero-order valence-corrected chi connectivity index (χ0v) is 10.9. The van der Waals surface area contributed by atoms with Crippen LogP contribution in [0.3, 0.4) is 0 Å². The van der Waals surface area contributed by atoms with Crippen molar-refractivity contribution in [3.8, 4) is 0 Å². The van der Waals surface area contributed by atoms with Crippen LogP contribution in [0.4, 0.5) is 0 Å². The van der Waals surface area contributed by atoms with E-state index in [0.29, 0.717) is 6.42 Å². The molecule has 17 heavy (non-hydrogen) atoms. The number of hydrogen-bond acceptors (Lipinski definition) is 1. The first-order chi connectivity index (χ1) is 8.09. The van der Waals surface area contributed by atoms with E-state index in [0.717, 1.165) is 18.4 Å². The van der Waals surface area contributed by atoms with Gasteiger partial charge in [0.05, 0.1) is 5.41 Å². The molecule has 2 nitrogen and oxygen atoms in total. The summed E-state index contributed by atoms with van der Waals surface area (Å²) < 4.78 is 0. The van der Waals surface area contributed by atoms with Gasteiger partial charge in [-0.15, -0.1) is 0 Å². The summed E-state index contributed by atoms with van der Waals surface area (Å²) in [5, 5.41) is 9.67. The molecular formula is C15H22O2. The Morgan fingerprint density at radius 2 is 1.88 bits per heavy atom. The van der Waals surface area contributed by atoms with E-state index in [1.165, 1.54) is 0 Å². The average Bonchev–Trinajstić information content (AvgIpc) is 2.32. The summed E-state index contributed by atoms with van der Waals surface area (Å²) in [6.07, 6.45) is 2.59. The van der Waals surface area contributed by atoms with Gasteiger partial charge in [0.25, 0.3) is 0 Å². The molecule has 0 bridgehead atoms. The molecule has 0 aliphatic heterocycles. The Balaban J connectivity index is 3.23. The Bertz CT molecular complexity index is 358. The third-order valence-corrected chi connectivity index (χ3v) is 3.79. The van der Waals surface area contributed by atoms with Crippen LogP contribution < -0.4 is 0 Å². The molecule has 0 aliphatic carbocycles. The van der Waals surface area contributed by atoms with Crippen molar-refractivity contribution in [2.24, 2.45) is 5.92 Å². The maximum atomic E-state index is 11.8. The van der Waals surface area contributed by atoms with Crippen LogP contribution in [0.1, 0.15) is 45.6 Å². The number of carboxylic acids is 1. The van der Waals surface area contributed by atoms with Crippen molar-refractivity contribution in [1.82, 2.24) is 0 Å². The van der Waals surface area contributed by atoms with Gasteiger partial charge in [-0.05, 0) is 24.3 Å². The van der Waals surface area contributed by atoms with Crippen molar-refractivity contribution in [2.45, 2.75) is 45.4 Å². The minimum atomic E-state index is -0.739. The van der Waals surface area contributed by atoms with E-state index >= 15 is 0 Å². The molecular weight excluding hydrogens is 212 g/mol. The standard InChI is InChI=1S/C15H22O2/c1-4-9-12(3)15(5-2,14(16)17)13-10-7-6-8-11-13/h6-8,10-12H,4-5,9H2,1-3H3,(H,16,17). The maximum absolute atomic E-state index is 11.8. The molecule has 0 aromatic heterocycles.